The summed E-state index contributed by atoms with van der Waals surface area (Å²) >= 11 is 5.98. The maximum absolute atomic E-state index is 11.8. The van der Waals surface area contributed by atoms with Gasteiger partial charge in [-0.15, -0.1) is 0 Å². The fourth-order valence-corrected chi connectivity index (χ4v) is 2.23. The number of aliphatic hydroxyl groups is 2. The molecule has 1 aromatic rings. The van der Waals surface area contributed by atoms with Gasteiger partial charge in [0.1, 0.15) is 0 Å². The first-order valence-corrected chi connectivity index (χ1v) is 6.48. The average molecular weight is 285 g/mol. The number of carbonyl (C=O) groups excluding carboxylic acids is 1. The van der Waals surface area contributed by atoms with E-state index in [1.807, 2.05) is 13.0 Å². The van der Waals surface area contributed by atoms with Gasteiger partial charge >= 0.3 is 0 Å². The fourth-order valence-electron chi connectivity index (χ4n) is 2.05. The second kappa shape index (κ2) is 5.88. The van der Waals surface area contributed by atoms with E-state index in [9.17, 15) is 15.0 Å². The number of aryl methyl sites for hydroxylation is 1. The van der Waals surface area contributed by atoms with Crippen LogP contribution in [0.1, 0.15) is 5.56 Å². The molecular formula is C13H17ClN2O3. The van der Waals surface area contributed by atoms with Gasteiger partial charge in [-0.2, -0.15) is 0 Å². The maximum Gasteiger partial charge on any atom is 0.238 e. The van der Waals surface area contributed by atoms with Gasteiger partial charge in [-0.05, 0) is 24.6 Å². The summed E-state index contributed by atoms with van der Waals surface area (Å²) in [5.74, 6) is -0.193. The van der Waals surface area contributed by atoms with Crippen LogP contribution in [0.5, 0.6) is 0 Å². The van der Waals surface area contributed by atoms with Crippen LogP contribution in [0.4, 0.5) is 5.69 Å². The van der Waals surface area contributed by atoms with Crippen LogP contribution in [0.3, 0.4) is 0 Å². The number of β-amino-alcohol motifs (C(OH)–C–C–N with tert-alkyl or cyclic N) is 2. The lowest BCUT2D eigenvalue weighted by atomic mass is 10.2. The van der Waals surface area contributed by atoms with Gasteiger partial charge in [0.25, 0.3) is 0 Å². The standard InChI is InChI=1S/C13H17ClN2O3/c1-8-2-3-9(4-10(8)14)15-13(19)7-16-5-11(17)12(18)6-16/h2-4,11-12,17-18H,5-7H2,1H3,(H,15,19). The molecule has 0 spiro atoms. The molecule has 1 fully saturated rings. The molecule has 3 N–H and O–H groups in total. The monoisotopic (exact) mass is 284 g/mol. The number of hydrogen-bond donors (Lipinski definition) is 3. The number of amides is 1. The summed E-state index contributed by atoms with van der Waals surface area (Å²) < 4.78 is 0. The molecule has 1 aliphatic heterocycles. The van der Waals surface area contributed by atoms with Gasteiger partial charge in [0, 0.05) is 23.8 Å². The molecule has 5 nitrogen and oxygen atoms in total. The highest BCUT2D eigenvalue weighted by Crippen LogP contribution is 2.20. The highest BCUT2D eigenvalue weighted by molar-refractivity contribution is 6.31. The third-order valence-electron chi connectivity index (χ3n) is 3.16. The van der Waals surface area contributed by atoms with Crippen molar-refractivity contribution in [1.29, 1.82) is 0 Å². The van der Waals surface area contributed by atoms with Crippen molar-refractivity contribution in [2.45, 2.75) is 19.1 Å². The van der Waals surface area contributed by atoms with Crippen LogP contribution in [-0.2, 0) is 4.79 Å². The fraction of sp³-hybridized carbons (Fsp3) is 0.462. The van der Waals surface area contributed by atoms with Gasteiger partial charge in [0.05, 0.1) is 18.8 Å². The molecular weight excluding hydrogens is 268 g/mol. The number of aliphatic hydroxyl groups excluding tert-OH is 2. The van der Waals surface area contributed by atoms with E-state index >= 15 is 0 Å². The number of anilines is 1. The van der Waals surface area contributed by atoms with Gasteiger partial charge in [-0.3, -0.25) is 9.69 Å². The number of likely N-dealkylation sites (tertiary alicyclic amines) is 1. The first kappa shape index (κ1) is 14.3. The Hall–Kier alpha value is -1.14. The Morgan fingerprint density at radius 1 is 1.42 bits per heavy atom. The average Bonchev–Trinajstić information content (AvgIpc) is 2.63. The summed E-state index contributed by atoms with van der Waals surface area (Å²) in [5, 5.41) is 22.1. The molecule has 1 aromatic carbocycles. The van der Waals surface area contributed by atoms with Crippen LogP contribution < -0.4 is 5.32 Å². The van der Waals surface area contributed by atoms with E-state index in [1.54, 1.807) is 17.0 Å². The van der Waals surface area contributed by atoms with Crippen molar-refractivity contribution in [3.05, 3.63) is 28.8 Å². The van der Waals surface area contributed by atoms with Gasteiger partial charge < -0.3 is 15.5 Å². The molecule has 0 radical (unpaired) electrons. The number of halogens is 1. The molecule has 1 amide bonds. The summed E-state index contributed by atoms with van der Waals surface area (Å²) in [4.78, 5) is 13.5. The highest BCUT2D eigenvalue weighted by atomic mass is 35.5. The lowest BCUT2D eigenvalue weighted by Crippen LogP contribution is -2.32. The number of hydrogen-bond acceptors (Lipinski definition) is 4. The van der Waals surface area contributed by atoms with E-state index in [0.29, 0.717) is 23.8 Å². The normalized spacial score (nSPS) is 23.6. The number of benzene rings is 1. The van der Waals surface area contributed by atoms with E-state index in [2.05, 4.69) is 5.32 Å². The minimum atomic E-state index is -0.776. The Morgan fingerprint density at radius 2 is 2.05 bits per heavy atom. The molecule has 0 aromatic heterocycles. The lowest BCUT2D eigenvalue weighted by Gasteiger charge is -2.14. The molecule has 6 heteroatoms. The number of nitrogens with zero attached hydrogens (tertiary/aromatic N) is 1. The summed E-state index contributed by atoms with van der Waals surface area (Å²) in [6, 6.07) is 5.32. The predicted octanol–water partition coefficient (Wildman–Crippen LogP) is 0.624. The number of rotatable bonds is 3. The van der Waals surface area contributed by atoms with Crippen molar-refractivity contribution in [2.75, 3.05) is 25.0 Å². The van der Waals surface area contributed by atoms with E-state index < -0.39 is 12.2 Å². The van der Waals surface area contributed by atoms with Crippen LogP contribution >= 0.6 is 11.6 Å². The first-order valence-electron chi connectivity index (χ1n) is 6.10. The quantitative estimate of drug-likeness (QED) is 0.761. The van der Waals surface area contributed by atoms with Gasteiger partial charge in [0.15, 0.2) is 0 Å². The summed E-state index contributed by atoms with van der Waals surface area (Å²) in [6.07, 6.45) is -1.55. The minimum Gasteiger partial charge on any atom is -0.389 e. The molecule has 2 atom stereocenters. The topological polar surface area (TPSA) is 72.8 Å². The van der Waals surface area contributed by atoms with Crippen LogP contribution in [-0.4, -0.2) is 52.9 Å². The summed E-state index contributed by atoms with van der Waals surface area (Å²) in [6.45, 7) is 2.65. The van der Waals surface area contributed by atoms with E-state index in [0.717, 1.165) is 5.56 Å². The number of nitrogens with one attached hydrogen (secondary N) is 1. The lowest BCUT2D eigenvalue weighted by molar-refractivity contribution is -0.117. The largest absolute Gasteiger partial charge is 0.389 e. The molecule has 0 aliphatic carbocycles. The van der Waals surface area contributed by atoms with Crippen LogP contribution in [0.25, 0.3) is 0 Å². The molecule has 1 heterocycles. The maximum atomic E-state index is 11.8. The zero-order chi connectivity index (χ0) is 14.0. The third-order valence-corrected chi connectivity index (χ3v) is 3.56. The second-order valence-corrected chi connectivity index (χ2v) is 5.25. The molecule has 19 heavy (non-hydrogen) atoms. The predicted molar refractivity (Wildman–Crippen MR) is 73.3 cm³/mol. The van der Waals surface area contributed by atoms with Gasteiger partial charge in [-0.25, -0.2) is 0 Å². The van der Waals surface area contributed by atoms with E-state index in [1.165, 1.54) is 0 Å². The Labute approximate surface area is 116 Å². The Kier molecular flexibility index (Phi) is 4.42. The smallest absolute Gasteiger partial charge is 0.238 e. The summed E-state index contributed by atoms with van der Waals surface area (Å²) in [7, 11) is 0. The SMILES string of the molecule is Cc1ccc(NC(=O)CN2CC(O)C(O)C2)cc1Cl. The van der Waals surface area contributed by atoms with Gasteiger partial charge in [0.2, 0.25) is 5.91 Å². The second-order valence-electron chi connectivity index (χ2n) is 4.84. The van der Waals surface area contributed by atoms with Crippen molar-refractivity contribution in [2.24, 2.45) is 0 Å². The van der Waals surface area contributed by atoms with Crippen molar-refractivity contribution < 1.29 is 15.0 Å². The van der Waals surface area contributed by atoms with Crippen LogP contribution in [0.15, 0.2) is 18.2 Å². The molecule has 104 valence electrons. The van der Waals surface area contributed by atoms with Crippen molar-refractivity contribution in [1.82, 2.24) is 4.90 Å². The van der Waals surface area contributed by atoms with E-state index in [-0.39, 0.29) is 12.5 Å². The molecule has 0 bridgehead atoms. The Morgan fingerprint density at radius 3 is 2.63 bits per heavy atom. The molecule has 0 saturated carbocycles. The first-order chi connectivity index (χ1) is 8.95. The van der Waals surface area contributed by atoms with Crippen molar-refractivity contribution in [3.63, 3.8) is 0 Å². The molecule has 1 saturated heterocycles. The van der Waals surface area contributed by atoms with E-state index in [4.69, 9.17) is 11.6 Å². The van der Waals surface area contributed by atoms with Crippen molar-refractivity contribution in [3.8, 4) is 0 Å². The molecule has 2 unspecified atom stereocenters. The third kappa shape index (κ3) is 3.67. The molecule has 2 rings (SSSR count). The van der Waals surface area contributed by atoms with Crippen LogP contribution in [0.2, 0.25) is 5.02 Å². The zero-order valence-corrected chi connectivity index (χ0v) is 11.4. The van der Waals surface area contributed by atoms with Gasteiger partial charge in [-0.1, -0.05) is 17.7 Å². The van der Waals surface area contributed by atoms with Crippen molar-refractivity contribution >= 4 is 23.2 Å². The minimum absolute atomic E-state index is 0.139. The van der Waals surface area contributed by atoms with Crippen LogP contribution in [0, 0.1) is 6.92 Å². The highest BCUT2D eigenvalue weighted by Gasteiger charge is 2.30. The Balaban J connectivity index is 1.89. The Bertz CT molecular complexity index is 471. The number of carbonyl (C=O) groups is 1. The summed E-state index contributed by atoms with van der Waals surface area (Å²) in [5.41, 5.74) is 1.59. The molecule has 1 aliphatic rings. The zero-order valence-electron chi connectivity index (χ0n) is 10.6.